The number of nitrogens with one attached hydrogen (secondary N) is 2. The van der Waals surface area contributed by atoms with Crippen molar-refractivity contribution in [3.05, 3.63) is 35.4 Å². The highest BCUT2D eigenvalue weighted by Crippen LogP contribution is 2.05. The molecule has 0 aliphatic carbocycles. The Bertz CT molecular complexity index is 364. The summed E-state index contributed by atoms with van der Waals surface area (Å²) < 4.78 is 0. The Kier molecular flexibility index (Phi) is 4.77. The lowest BCUT2D eigenvalue weighted by Crippen LogP contribution is -2.50. The number of benzene rings is 1. The molecule has 16 heavy (non-hydrogen) atoms. The number of carbonyl (C=O) groups is 1. The van der Waals surface area contributed by atoms with Crippen LogP contribution in [0.5, 0.6) is 0 Å². The minimum atomic E-state index is 0. The van der Waals surface area contributed by atoms with E-state index in [1.165, 1.54) is 5.56 Å². The van der Waals surface area contributed by atoms with Gasteiger partial charge in [0, 0.05) is 19.6 Å². The lowest BCUT2D eigenvalue weighted by Gasteiger charge is -2.25. The highest BCUT2D eigenvalue weighted by atomic mass is 35.5. The normalized spacial score (nSPS) is 14.8. The van der Waals surface area contributed by atoms with Gasteiger partial charge >= 0.3 is 0 Å². The molecule has 0 radical (unpaired) electrons. The molecule has 0 bridgehead atoms. The van der Waals surface area contributed by atoms with Crippen LogP contribution in [0.25, 0.3) is 0 Å². The largest absolute Gasteiger partial charge is 0.352 e. The minimum Gasteiger partial charge on any atom is -0.352 e. The number of aryl methyl sites for hydroxylation is 1. The third-order valence-corrected chi connectivity index (χ3v) is 2.70. The summed E-state index contributed by atoms with van der Waals surface area (Å²) in [6.07, 6.45) is 0. The lowest BCUT2D eigenvalue weighted by atomic mass is 10.0. The van der Waals surface area contributed by atoms with E-state index >= 15 is 0 Å². The zero-order valence-electron chi connectivity index (χ0n) is 9.32. The molecule has 1 aliphatic rings. The van der Waals surface area contributed by atoms with Gasteiger partial charge in [-0.3, -0.25) is 4.79 Å². The van der Waals surface area contributed by atoms with Crippen molar-refractivity contribution in [1.29, 1.82) is 0 Å². The molecule has 4 heteroatoms. The van der Waals surface area contributed by atoms with E-state index in [-0.39, 0.29) is 24.2 Å². The van der Waals surface area contributed by atoms with Crippen molar-refractivity contribution in [3.63, 3.8) is 0 Å². The van der Waals surface area contributed by atoms with Crippen molar-refractivity contribution in [1.82, 2.24) is 10.6 Å². The van der Waals surface area contributed by atoms with Gasteiger partial charge in [0.25, 0.3) is 0 Å². The highest BCUT2D eigenvalue weighted by molar-refractivity contribution is 5.85. The second-order valence-corrected chi connectivity index (χ2v) is 4.06. The highest BCUT2D eigenvalue weighted by Gasteiger charge is 2.24. The Hall–Kier alpha value is -1.06. The van der Waals surface area contributed by atoms with Gasteiger partial charge in [-0.2, -0.15) is 0 Å². The Labute approximate surface area is 102 Å². The van der Waals surface area contributed by atoms with Crippen molar-refractivity contribution < 1.29 is 4.79 Å². The van der Waals surface area contributed by atoms with Crippen molar-refractivity contribution >= 4 is 18.3 Å². The summed E-state index contributed by atoms with van der Waals surface area (Å²) in [6.45, 7) is 4.33. The van der Waals surface area contributed by atoms with Gasteiger partial charge in [0.05, 0.1) is 5.92 Å². The van der Waals surface area contributed by atoms with Crippen LogP contribution in [0.15, 0.2) is 24.3 Å². The summed E-state index contributed by atoms with van der Waals surface area (Å²) >= 11 is 0. The van der Waals surface area contributed by atoms with Gasteiger partial charge < -0.3 is 10.6 Å². The number of hydrogen-bond acceptors (Lipinski definition) is 2. The molecule has 0 spiro atoms. The molecule has 1 saturated heterocycles. The van der Waals surface area contributed by atoms with Crippen LogP contribution in [0.4, 0.5) is 0 Å². The Balaban J connectivity index is 0.00000128. The summed E-state index contributed by atoms with van der Waals surface area (Å²) in [6, 6.07) is 8.20. The minimum absolute atomic E-state index is 0. The van der Waals surface area contributed by atoms with Crippen LogP contribution in [0, 0.1) is 12.8 Å². The Morgan fingerprint density at radius 2 is 2.25 bits per heavy atom. The molecule has 88 valence electrons. The standard InChI is InChI=1S/C12H16N2O.ClH/c1-9-3-2-4-10(5-9)6-14-12(15)11-7-13-8-11;/h2-5,11,13H,6-8H2,1H3,(H,14,15);1H. The summed E-state index contributed by atoms with van der Waals surface area (Å²) in [5, 5.41) is 6.04. The SMILES string of the molecule is Cc1cccc(CNC(=O)C2CNC2)c1.Cl. The molecule has 0 saturated carbocycles. The first kappa shape index (κ1) is 13.0. The molecule has 1 amide bonds. The molecule has 2 N–H and O–H groups in total. The average Bonchev–Trinajstić information content (AvgIpc) is 2.12. The zero-order valence-corrected chi connectivity index (χ0v) is 10.1. The van der Waals surface area contributed by atoms with Crippen LogP contribution in [0.1, 0.15) is 11.1 Å². The number of amides is 1. The van der Waals surface area contributed by atoms with Gasteiger partial charge in [-0.25, -0.2) is 0 Å². The fraction of sp³-hybridized carbons (Fsp3) is 0.417. The first-order chi connectivity index (χ1) is 7.25. The summed E-state index contributed by atoms with van der Waals surface area (Å²) in [5.74, 6) is 0.338. The van der Waals surface area contributed by atoms with Crippen molar-refractivity contribution in [2.45, 2.75) is 13.5 Å². The predicted octanol–water partition coefficient (Wildman–Crippen LogP) is 1.25. The molecule has 1 fully saturated rings. The van der Waals surface area contributed by atoms with Crippen LogP contribution in [-0.4, -0.2) is 19.0 Å². The topological polar surface area (TPSA) is 41.1 Å². The van der Waals surface area contributed by atoms with Crippen LogP contribution < -0.4 is 10.6 Å². The van der Waals surface area contributed by atoms with Crippen LogP contribution in [-0.2, 0) is 11.3 Å². The molecule has 3 nitrogen and oxygen atoms in total. The van der Waals surface area contributed by atoms with Crippen molar-refractivity contribution in [2.24, 2.45) is 5.92 Å². The van der Waals surface area contributed by atoms with E-state index in [0.717, 1.165) is 18.7 Å². The molecular formula is C12H17ClN2O. The maximum Gasteiger partial charge on any atom is 0.225 e. The summed E-state index contributed by atoms with van der Waals surface area (Å²) in [5.41, 5.74) is 2.39. The summed E-state index contributed by atoms with van der Waals surface area (Å²) in [4.78, 5) is 11.5. The molecule has 1 aliphatic heterocycles. The maximum absolute atomic E-state index is 11.5. The van der Waals surface area contributed by atoms with E-state index in [1.54, 1.807) is 0 Å². The second kappa shape index (κ2) is 5.87. The molecule has 2 rings (SSSR count). The molecule has 0 unspecified atom stereocenters. The van der Waals surface area contributed by atoms with Crippen LogP contribution in [0.3, 0.4) is 0 Å². The predicted molar refractivity (Wildman–Crippen MR) is 66.6 cm³/mol. The number of rotatable bonds is 3. The average molecular weight is 241 g/mol. The smallest absolute Gasteiger partial charge is 0.225 e. The van der Waals surface area contributed by atoms with E-state index in [2.05, 4.69) is 29.7 Å². The monoisotopic (exact) mass is 240 g/mol. The zero-order chi connectivity index (χ0) is 10.7. The summed E-state index contributed by atoms with van der Waals surface area (Å²) in [7, 11) is 0. The van der Waals surface area contributed by atoms with Gasteiger partial charge in [0.15, 0.2) is 0 Å². The quantitative estimate of drug-likeness (QED) is 0.835. The Morgan fingerprint density at radius 1 is 1.50 bits per heavy atom. The van der Waals surface area contributed by atoms with E-state index in [9.17, 15) is 4.79 Å². The molecule has 0 aromatic heterocycles. The molecule has 1 heterocycles. The van der Waals surface area contributed by atoms with Gasteiger partial charge in [0.1, 0.15) is 0 Å². The van der Waals surface area contributed by atoms with Gasteiger partial charge in [-0.05, 0) is 12.5 Å². The van der Waals surface area contributed by atoms with E-state index < -0.39 is 0 Å². The molecular weight excluding hydrogens is 224 g/mol. The van der Waals surface area contributed by atoms with E-state index in [4.69, 9.17) is 0 Å². The van der Waals surface area contributed by atoms with Crippen molar-refractivity contribution in [3.8, 4) is 0 Å². The molecule has 1 aromatic rings. The third-order valence-electron chi connectivity index (χ3n) is 2.70. The first-order valence-corrected chi connectivity index (χ1v) is 5.29. The first-order valence-electron chi connectivity index (χ1n) is 5.29. The van der Waals surface area contributed by atoms with Crippen molar-refractivity contribution in [2.75, 3.05) is 13.1 Å². The van der Waals surface area contributed by atoms with E-state index in [0.29, 0.717) is 6.54 Å². The van der Waals surface area contributed by atoms with Gasteiger partial charge in [-0.15, -0.1) is 12.4 Å². The third kappa shape index (κ3) is 3.22. The van der Waals surface area contributed by atoms with Gasteiger partial charge in [-0.1, -0.05) is 29.8 Å². The second-order valence-electron chi connectivity index (χ2n) is 4.06. The lowest BCUT2D eigenvalue weighted by molar-refractivity contribution is -0.126. The van der Waals surface area contributed by atoms with Gasteiger partial charge in [0.2, 0.25) is 5.91 Å². The number of halogens is 1. The number of carbonyl (C=O) groups excluding carboxylic acids is 1. The maximum atomic E-state index is 11.5. The van der Waals surface area contributed by atoms with Crippen LogP contribution in [0.2, 0.25) is 0 Å². The molecule has 0 atom stereocenters. The number of hydrogen-bond donors (Lipinski definition) is 2. The Morgan fingerprint density at radius 3 is 2.81 bits per heavy atom. The van der Waals surface area contributed by atoms with Crippen LogP contribution >= 0.6 is 12.4 Å². The fourth-order valence-electron chi connectivity index (χ4n) is 1.63. The molecule has 1 aromatic carbocycles. The van der Waals surface area contributed by atoms with E-state index in [1.807, 2.05) is 12.1 Å². The fourth-order valence-corrected chi connectivity index (χ4v) is 1.63.